The summed E-state index contributed by atoms with van der Waals surface area (Å²) in [5, 5.41) is 15.0. The average Bonchev–Trinajstić information content (AvgIpc) is 3.28. The van der Waals surface area contributed by atoms with Crippen molar-refractivity contribution in [2.75, 3.05) is 0 Å². The Bertz CT molecular complexity index is 1020. The van der Waals surface area contributed by atoms with Crippen molar-refractivity contribution in [2.24, 2.45) is 0 Å². The lowest BCUT2D eigenvalue weighted by atomic mass is 9.98. The van der Waals surface area contributed by atoms with Gasteiger partial charge in [0.15, 0.2) is 5.82 Å². The number of rotatable bonds is 2. The summed E-state index contributed by atoms with van der Waals surface area (Å²) in [4.78, 5) is 14.6. The lowest BCUT2D eigenvalue weighted by molar-refractivity contribution is -0.138. The van der Waals surface area contributed by atoms with Crippen LogP contribution in [0.3, 0.4) is 0 Å². The van der Waals surface area contributed by atoms with E-state index in [1.54, 1.807) is 16.9 Å². The van der Waals surface area contributed by atoms with Gasteiger partial charge in [0.2, 0.25) is 0 Å². The number of carbonyl (C=O) groups excluding carboxylic acids is 1. The molecule has 10 heteroatoms. The number of carbonyl (C=O) groups is 1. The second kappa shape index (κ2) is 6.47. The molecule has 1 aliphatic heterocycles. The first-order chi connectivity index (χ1) is 13.3. The number of hydrogen-bond donors (Lipinski definition) is 1. The number of H-pyrrole nitrogens is 1. The molecule has 0 aliphatic carbocycles. The monoisotopic (exact) mass is 390 g/mol. The zero-order valence-electron chi connectivity index (χ0n) is 15.2. The number of fused-ring (bicyclic) bond motifs is 1. The molecule has 0 unspecified atom stereocenters. The van der Waals surface area contributed by atoms with Gasteiger partial charge in [-0.2, -0.15) is 23.0 Å². The molecular weight excluding hydrogens is 373 g/mol. The molecule has 0 spiro atoms. The van der Waals surface area contributed by atoms with Gasteiger partial charge in [-0.25, -0.2) is 0 Å². The van der Waals surface area contributed by atoms with Crippen molar-refractivity contribution in [3.63, 3.8) is 0 Å². The number of nitrogens with zero attached hydrogens (tertiary/aromatic N) is 5. The molecule has 1 N–H and O–H groups in total. The highest BCUT2D eigenvalue weighted by Crippen LogP contribution is 2.34. The Balaban J connectivity index is 1.66. The van der Waals surface area contributed by atoms with E-state index in [0.29, 0.717) is 17.9 Å². The van der Waals surface area contributed by atoms with E-state index in [-0.39, 0.29) is 23.7 Å². The van der Waals surface area contributed by atoms with Crippen LogP contribution in [0.15, 0.2) is 30.5 Å². The molecule has 1 amide bonds. The molecule has 0 bridgehead atoms. The minimum atomic E-state index is -4.51. The van der Waals surface area contributed by atoms with Crippen molar-refractivity contribution < 1.29 is 18.0 Å². The number of halogens is 3. The van der Waals surface area contributed by atoms with Crippen LogP contribution in [0.5, 0.6) is 0 Å². The minimum Gasteiger partial charge on any atom is -0.329 e. The number of amides is 1. The molecule has 4 rings (SSSR count). The van der Waals surface area contributed by atoms with Gasteiger partial charge in [0.1, 0.15) is 5.69 Å². The highest BCUT2D eigenvalue weighted by molar-refractivity contribution is 5.96. The molecule has 3 aromatic rings. The van der Waals surface area contributed by atoms with E-state index in [4.69, 9.17) is 0 Å². The predicted molar refractivity (Wildman–Crippen MR) is 92.7 cm³/mol. The molecule has 1 atom stereocenters. The number of benzene rings is 1. The molecule has 146 valence electrons. The summed E-state index contributed by atoms with van der Waals surface area (Å²) in [5.74, 6) is 0.215. The van der Waals surface area contributed by atoms with Gasteiger partial charge >= 0.3 is 6.18 Å². The van der Waals surface area contributed by atoms with Crippen LogP contribution in [0.4, 0.5) is 13.2 Å². The SMILES string of the molecule is Cc1c(C(=O)N2Cc3nnn(-c4ccn[nH]4)c3C[C@H]2C)cccc1C(F)(F)F. The largest absolute Gasteiger partial charge is 0.416 e. The van der Waals surface area contributed by atoms with E-state index in [9.17, 15) is 18.0 Å². The van der Waals surface area contributed by atoms with E-state index in [0.717, 1.165) is 11.8 Å². The summed E-state index contributed by atoms with van der Waals surface area (Å²) in [6.45, 7) is 3.36. The lowest BCUT2D eigenvalue weighted by Gasteiger charge is -2.33. The molecule has 2 aromatic heterocycles. The normalized spacial score (nSPS) is 16.9. The first-order valence-electron chi connectivity index (χ1n) is 8.68. The zero-order valence-corrected chi connectivity index (χ0v) is 15.2. The molecule has 1 aliphatic rings. The fraction of sp³-hybridized carbons (Fsp3) is 0.333. The van der Waals surface area contributed by atoms with Gasteiger partial charge in [-0.15, -0.1) is 5.10 Å². The molecule has 0 fully saturated rings. The van der Waals surface area contributed by atoms with Crippen molar-refractivity contribution in [2.45, 2.75) is 39.0 Å². The highest BCUT2D eigenvalue weighted by Gasteiger charge is 2.36. The maximum absolute atomic E-state index is 13.2. The van der Waals surface area contributed by atoms with Crippen LogP contribution < -0.4 is 0 Å². The van der Waals surface area contributed by atoms with Crippen molar-refractivity contribution in [3.05, 3.63) is 58.5 Å². The van der Waals surface area contributed by atoms with E-state index < -0.39 is 17.6 Å². The minimum absolute atomic E-state index is 0.0473. The van der Waals surface area contributed by atoms with Crippen LogP contribution >= 0.6 is 0 Å². The summed E-state index contributed by atoms with van der Waals surface area (Å²) < 4.78 is 41.2. The molecule has 28 heavy (non-hydrogen) atoms. The number of nitrogens with one attached hydrogen (secondary N) is 1. The van der Waals surface area contributed by atoms with Gasteiger partial charge in [-0.05, 0) is 31.5 Å². The van der Waals surface area contributed by atoms with Crippen molar-refractivity contribution in [1.29, 1.82) is 0 Å². The smallest absolute Gasteiger partial charge is 0.329 e. The molecule has 1 aromatic carbocycles. The van der Waals surface area contributed by atoms with Crippen LogP contribution in [0, 0.1) is 6.92 Å². The van der Waals surface area contributed by atoms with Crippen LogP contribution in [0.25, 0.3) is 5.82 Å². The fourth-order valence-electron chi connectivity index (χ4n) is 3.53. The molecular formula is C18H17F3N6O. The first kappa shape index (κ1) is 18.2. The molecule has 0 radical (unpaired) electrons. The van der Waals surface area contributed by atoms with E-state index in [2.05, 4.69) is 20.5 Å². The molecule has 3 heterocycles. The second-order valence-corrected chi connectivity index (χ2v) is 6.80. The van der Waals surface area contributed by atoms with Gasteiger partial charge in [0.05, 0.1) is 24.0 Å². The topological polar surface area (TPSA) is 79.7 Å². The standard InChI is InChI=1S/C18H17F3N6O/c1-10-8-15-14(23-25-27(15)16-6-7-22-24-16)9-26(10)17(28)12-4-3-5-13(11(12)2)18(19,20)21/h3-7,10H,8-9H2,1-2H3,(H,22,24)/t10-/m1/s1. The van der Waals surface area contributed by atoms with Gasteiger partial charge in [-0.1, -0.05) is 11.3 Å². The quantitative estimate of drug-likeness (QED) is 0.730. The van der Waals surface area contributed by atoms with Crippen LogP contribution in [-0.2, 0) is 19.1 Å². The van der Waals surface area contributed by atoms with Crippen LogP contribution in [0.2, 0.25) is 0 Å². The summed E-state index contributed by atoms with van der Waals surface area (Å²) in [6, 6.07) is 5.20. The Morgan fingerprint density at radius 3 is 2.75 bits per heavy atom. The van der Waals surface area contributed by atoms with Crippen molar-refractivity contribution in [1.82, 2.24) is 30.1 Å². The highest BCUT2D eigenvalue weighted by atomic mass is 19.4. The Morgan fingerprint density at radius 2 is 2.07 bits per heavy atom. The number of hydrogen-bond acceptors (Lipinski definition) is 4. The number of aromatic nitrogens is 5. The maximum atomic E-state index is 13.2. The third-order valence-electron chi connectivity index (χ3n) is 5.03. The molecule has 7 nitrogen and oxygen atoms in total. The molecule has 0 saturated heterocycles. The van der Waals surface area contributed by atoms with Crippen molar-refractivity contribution in [3.8, 4) is 5.82 Å². The summed E-state index contributed by atoms with van der Waals surface area (Å²) in [6.07, 6.45) is -2.43. The Kier molecular flexibility index (Phi) is 4.20. The third kappa shape index (κ3) is 2.94. The number of aromatic amines is 1. The summed E-state index contributed by atoms with van der Waals surface area (Å²) in [5.41, 5.74) is 0.645. The van der Waals surface area contributed by atoms with Crippen LogP contribution in [-0.4, -0.2) is 42.0 Å². The average molecular weight is 390 g/mol. The third-order valence-corrected chi connectivity index (χ3v) is 5.03. The Labute approximate surface area is 158 Å². The number of alkyl halides is 3. The van der Waals surface area contributed by atoms with Crippen LogP contribution in [0.1, 0.15) is 39.8 Å². The van der Waals surface area contributed by atoms with Gasteiger partial charge < -0.3 is 4.90 Å². The lowest BCUT2D eigenvalue weighted by Crippen LogP contribution is -2.43. The Hall–Kier alpha value is -3.17. The molecule has 0 saturated carbocycles. The van der Waals surface area contributed by atoms with E-state index >= 15 is 0 Å². The maximum Gasteiger partial charge on any atom is 0.416 e. The van der Waals surface area contributed by atoms with E-state index in [1.807, 2.05) is 6.92 Å². The van der Waals surface area contributed by atoms with Gasteiger partial charge in [-0.3, -0.25) is 9.89 Å². The van der Waals surface area contributed by atoms with Gasteiger partial charge in [0, 0.05) is 24.1 Å². The van der Waals surface area contributed by atoms with Crippen molar-refractivity contribution >= 4 is 5.91 Å². The summed E-state index contributed by atoms with van der Waals surface area (Å²) >= 11 is 0. The second-order valence-electron chi connectivity index (χ2n) is 6.80. The van der Waals surface area contributed by atoms with E-state index in [1.165, 1.54) is 24.0 Å². The first-order valence-corrected chi connectivity index (χ1v) is 8.68. The zero-order chi connectivity index (χ0) is 20.1. The summed E-state index contributed by atoms with van der Waals surface area (Å²) in [7, 11) is 0. The fourth-order valence-corrected chi connectivity index (χ4v) is 3.53. The Morgan fingerprint density at radius 1 is 1.29 bits per heavy atom. The predicted octanol–water partition coefficient (Wildman–Crippen LogP) is 2.90. The van der Waals surface area contributed by atoms with Gasteiger partial charge in [0.25, 0.3) is 5.91 Å².